The van der Waals surface area contributed by atoms with Gasteiger partial charge in [-0.1, -0.05) is 35.1 Å². The number of ketones is 1. The largest absolute Gasteiger partial charge is 0.288 e. The van der Waals surface area contributed by atoms with Crippen LogP contribution in [-0.2, 0) is 6.42 Å². The molecule has 3 nitrogen and oxygen atoms in total. The molecule has 2 aromatic rings. The molecule has 0 fully saturated rings. The van der Waals surface area contributed by atoms with Gasteiger partial charge >= 0.3 is 0 Å². The van der Waals surface area contributed by atoms with Crippen LogP contribution in [0.25, 0.3) is 0 Å². The van der Waals surface area contributed by atoms with Crippen molar-refractivity contribution in [2.75, 3.05) is 0 Å². The van der Waals surface area contributed by atoms with Crippen molar-refractivity contribution in [2.45, 2.75) is 13.3 Å². The predicted octanol–water partition coefficient (Wildman–Crippen LogP) is 2.98. The minimum atomic E-state index is -0.0996. The third-order valence-electron chi connectivity index (χ3n) is 2.22. The van der Waals surface area contributed by atoms with E-state index in [1.54, 1.807) is 24.3 Å². The Morgan fingerprint density at radius 3 is 2.88 bits per heavy atom. The molecule has 0 saturated carbocycles. The minimum absolute atomic E-state index is 0.0996. The fraction of sp³-hybridized carbons (Fsp3) is 0.182. The van der Waals surface area contributed by atoms with Crippen molar-refractivity contribution in [2.24, 2.45) is 0 Å². The lowest BCUT2D eigenvalue weighted by Gasteiger charge is -2.01. The molecule has 0 saturated heterocycles. The summed E-state index contributed by atoms with van der Waals surface area (Å²) in [6.07, 6.45) is 0.696. The first-order chi connectivity index (χ1) is 7.74. The molecule has 0 radical (unpaired) electrons. The topological polar surface area (TPSA) is 42.9 Å². The van der Waals surface area contributed by atoms with Crippen LogP contribution in [-0.4, -0.2) is 15.4 Å². The van der Waals surface area contributed by atoms with Crippen LogP contribution in [0.5, 0.6) is 0 Å². The molecule has 0 aliphatic rings. The third kappa shape index (κ3) is 1.99. The van der Waals surface area contributed by atoms with Crippen LogP contribution >= 0.6 is 23.1 Å². The number of hydrogen-bond acceptors (Lipinski definition) is 4. The molecule has 0 aliphatic carbocycles. The Balaban J connectivity index is 2.44. The van der Waals surface area contributed by atoms with Gasteiger partial charge < -0.3 is 0 Å². The summed E-state index contributed by atoms with van der Waals surface area (Å²) >= 11 is 7.09. The van der Waals surface area contributed by atoms with Crippen molar-refractivity contribution in [3.05, 3.63) is 45.4 Å². The van der Waals surface area contributed by atoms with E-state index in [4.69, 9.17) is 11.6 Å². The van der Waals surface area contributed by atoms with Gasteiger partial charge in [0, 0.05) is 5.56 Å². The summed E-state index contributed by atoms with van der Waals surface area (Å²) in [7, 11) is 0. The van der Waals surface area contributed by atoms with Gasteiger partial charge in [0.05, 0.1) is 10.7 Å². The predicted molar refractivity (Wildman–Crippen MR) is 64.2 cm³/mol. The molecular formula is C11H9ClN2OS. The molecular weight excluding hydrogens is 244 g/mol. The number of aromatic nitrogens is 2. The molecule has 1 heterocycles. The zero-order valence-corrected chi connectivity index (χ0v) is 10.2. The van der Waals surface area contributed by atoms with E-state index in [9.17, 15) is 4.79 Å². The summed E-state index contributed by atoms with van der Waals surface area (Å²) in [5.41, 5.74) is 1.24. The van der Waals surface area contributed by atoms with Crippen LogP contribution in [0.15, 0.2) is 24.3 Å². The molecule has 0 N–H and O–H groups in total. The Hall–Kier alpha value is -1.26. The molecule has 0 spiro atoms. The Morgan fingerprint density at radius 1 is 1.44 bits per heavy atom. The fourth-order valence-electron chi connectivity index (χ4n) is 1.38. The van der Waals surface area contributed by atoms with Gasteiger partial charge in [-0.15, -0.1) is 5.10 Å². The molecule has 82 valence electrons. The van der Waals surface area contributed by atoms with Crippen LogP contribution in [0.4, 0.5) is 0 Å². The minimum Gasteiger partial charge on any atom is -0.288 e. The van der Waals surface area contributed by atoms with Gasteiger partial charge in [-0.2, -0.15) is 0 Å². The van der Waals surface area contributed by atoms with Gasteiger partial charge in [0.2, 0.25) is 5.78 Å². The molecule has 16 heavy (non-hydrogen) atoms. The van der Waals surface area contributed by atoms with Crippen LogP contribution in [0.1, 0.15) is 27.9 Å². The number of halogens is 1. The van der Waals surface area contributed by atoms with E-state index >= 15 is 0 Å². The highest BCUT2D eigenvalue weighted by Crippen LogP contribution is 2.22. The standard InChI is InChI=1S/C11H9ClN2OS/c1-2-9-11(16-14-13-9)10(15)7-5-3-4-6-8(7)12/h3-6H,2H2,1H3. The molecule has 5 heteroatoms. The maximum absolute atomic E-state index is 12.2. The highest BCUT2D eigenvalue weighted by Gasteiger charge is 2.18. The van der Waals surface area contributed by atoms with E-state index in [1.807, 2.05) is 6.92 Å². The van der Waals surface area contributed by atoms with Gasteiger partial charge in [0.15, 0.2) is 0 Å². The van der Waals surface area contributed by atoms with Crippen LogP contribution in [0, 0.1) is 0 Å². The average Bonchev–Trinajstić information content (AvgIpc) is 2.77. The summed E-state index contributed by atoms with van der Waals surface area (Å²) in [6, 6.07) is 7.00. The summed E-state index contributed by atoms with van der Waals surface area (Å²) < 4.78 is 3.80. The Labute approximate surface area is 102 Å². The lowest BCUT2D eigenvalue weighted by Crippen LogP contribution is -2.02. The van der Waals surface area contributed by atoms with Crippen LogP contribution < -0.4 is 0 Å². The number of carbonyl (C=O) groups excluding carboxylic acids is 1. The van der Waals surface area contributed by atoms with E-state index in [2.05, 4.69) is 9.59 Å². The second-order valence-corrected chi connectivity index (χ2v) is 4.37. The maximum Gasteiger partial charge on any atom is 0.208 e. The fourth-order valence-corrected chi connectivity index (χ4v) is 2.31. The van der Waals surface area contributed by atoms with Gasteiger partial charge in [-0.05, 0) is 30.1 Å². The summed E-state index contributed by atoms with van der Waals surface area (Å²) in [4.78, 5) is 12.7. The lowest BCUT2D eigenvalue weighted by molar-refractivity contribution is 0.104. The summed E-state index contributed by atoms with van der Waals surface area (Å²) in [6.45, 7) is 1.94. The molecule has 0 aliphatic heterocycles. The van der Waals surface area contributed by atoms with Gasteiger partial charge in [-0.25, -0.2) is 0 Å². The van der Waals surface area contributed by atoms with Crippen molar-refractivity contribution < 1.29 is 4.79 Å². The Kier molecular flexibility index (Phi) is 3.31. The molecule has 0 unspecified atom stereocenters. The monoisotopic (exact) mass is 252 g/mol. The number of carbonyl (C=O) groups is 1. The second kappa shape index (κ2) is 4.72. The number of aryl methyl sites for hydroxylation is 1. The number of hydrogen-bond donors (Lipinski definition) is 0. The van der Waals surface area contributed by atoms with E-state index in [0.717, 1.165) is 17.2 Å². The molecule has 0 amide bonds. The third-order valence-corrected chi connectivity index (χ3v) is 3.31. The lowest BCUT2D eigenvalue weighted by atomic mass is 10.1. The van der Waals surface area contributed by atoms with Crippen molar-refractivity contribution in [3.63, 3.8) is 0 Å². The van der Waals surface area contributed by atoms with Crippen molar-refractivity contribution in [1.29, 1.82) is 0 Å². The highest BCUT2D eigenvalue weighted by atomic mass is 35.5. The van der Waals surface area contributed by atoms with Gasteiger partial charge in [-0.3, -0.25) is 4.79 Å². The first-order valence-electron chi connectivity index (χ1n) is 4.84. The quantitative estimate of drug-likeness (QED) is 0.789. The average molecular weight is 253 g/mol. The van der Waals surface area contributed by atoms with Crippen molar-refractivity contribution in [1.82, 2.24) is 9.59 Å². The number of benzene rings is 1. The zero-order chi connectivity index (χ0) is 11.5. The van der Waals surface area contributed by atoms with Crippen molar-refractivity contribution in [3.8, 4) is 0 Å². The normalized spacial score (nSPS) is 10.4. The number of nitrogens with zero attached hydrogens (tertiary/aromatic N) is 2. The Morgan fingerprint density at radius 2 is 2.19 bits per heavy atom. The summed E-state index contributed by atoms with van der Waals surface area (Å²) in [5, 5.41) is 4.38. The zero-order valence-electron chi connectivity index (χ0n) is 8.61. The van der Waals surface area contributed by atoms with E-state index in [1.165, 1.54) is 0 Å². The van der Waals surface area contributed by atoms with E-state index < -0.39 is 0 Å². The van der Waals surface area contributed by atoms with E-state index in [0.29, 0.717) is 21.9 Å². The molecule has 0 bridgehead atoms. The number of rotatable bonds is 3. The molecule has 1 aromatic heterocycles. The second-order valence-electron chi connectivity index (χ2n) is 3.21. The molecule has 2 rings (SSSR count). The van der Waals surface area contributed by atoms with Crippen molar-refractivity contribution >= 4 is 28.9 Å². The van der Waals surface area contributed by atoms with Crippen LogP contribution in [0.2, 0.25) is 5.02 Å². The first-order valence-corrected chi connectivity index (χ1v) is 5.99. The maximum atomic E-state index is 12.2. The van der Waals surface area contributed by atoms with Gasteiger partial charge in [0.1, 0.15) is 4.88 Å². The SMILES string of the molecule is CCc1nnsc1C(=O)c1ccccc1Cl. The first kappa shape index (κ1) is 11.2. The van der Waals surface area contributed by atoms with Gasteiger partial charge in [0.25, 0.3) is 0 Å². The van der Waals surface area contributed by atoms with E-state index in [-0.39, 0.29) is 5.78 Å². The Bertz CT molecular complexity index is 524. The smallest absolute Gasteiger partial charge is 0.208 e. The molecule has 0 atom stereocenters. The summed E-state index contributed by atoms with van der Waals surface area (Å²) in [5.74, 6) is -0.0996. The molecule has 1 aromatic carbocycles. The van der Waals surface area contributed by atoms with Crippen LogP contribution in [0.3, 0.4) is 0 Å². The highest BCUT2D eigenvalue weighted by molar-refractivity contribution is 7.08.